The average Bonchev–Trinajstić information content (AvgIpc) is 2.73. The van der Waals surface area contributed by atoms with Gasteiger partial charge < -0.3 is 9.84 Å². The molecule has 0 aliphatic carbocycles. The number of rotatable bonds is 4. The molecule has 0 spiro atoms. The minimum atomic E-state index is -0.142. The van der Waals surface area contributed by atoms with Crippen LogP contribution in [0, 0.1) is 0 Å². The van der Waals surface area contributed by atoms with Crippen molar-refractivity contribution in [2.24, 2.45) is 0 Å². The standard InChI is InChI=1S/C24H18O3/c1-27-19-12-9-17(10-13-19)24(26)23-15-18(25)11-14-22(23)21-8-4-6-16-5-2-3-7-20(16)21/h2-15,25H,1H3. The molecule has 4 rings (SSSR count). The van der Waals surface area contributed by atoms with Gasteiger partial charge in [0.1, 0.15) is 11.5 Å². The van der Waals surface area contributed by atoms with Gasteiger partial charge in [-0.25, -0.2) is 0 Å². The van der Waals surface area contributed by atoms with Crippen molar-refractivity contribution >= 4 is 16.6 Å². The lowest BCUT2D eigenvalue weighted by molar-refractivity contribution is 0.103. The molecular formula is C24H18O3. The highest BCUT2D eigenvalue weighted by Gasteiger charge is 2.17. The third kappa shape index (κ3) is 3.15. The first-order valence-electron chi connectivity index (χ1n) is 8.67. The number of methoxy groups -OCH3 is 1. The van der Waals surface area contributed by atoms with E-state index in [1.165, 1.54) is 6.07 Å². The Morgan fingerprint density at radius 3 is 2.33 bits per heavy atom. The number of aromatic hydroxyl groups is 1. The summed E-state index contributed by atoms with van der Waals surface area (Å²) >= 11 is 0. The van der Waals surface area contributed by atoms with Gasteiger partial charge in [0.25, 0.3) is 0 Å². The number of ether oxygens (including phenoxy) is 1. The van der Waals surface area contributed by atoms with Crippen molar-refractivity contribution in [3.8, 4) is 22.6 Å². The maximum atomic E-state index is 13.2. The summed E-state index contributed by atoms with van der Waals surface area (Å²) in [4.78, 5) is 13.2. The lowest BCUT2D eigenvalue weighted by atomic mass is 9.91. The van der Waals surface area contributed by atoms with Crippen LogP contribution in [0.1, 0.15) is 15.9 Å². The quantitative estimate of drug-likeness (QED) is 0.496. The molecule has 0 bridgehead atoms. The largest absolute Gasteiger partial charge is 0.508 e. The van der Waals surface area contributed by atoms with E-state index in [2.05, 4.69) is 0 Å². The molecule has 0 aliphatic heterocycles. The Bertz CT molecular complexity index is 1120. The van der Waals surface area contributed by atoms with Crippen LogP contribution in [-0.2, 0) is 0 Å². The van der Waals surface area contributed by atoms with Gasteiger partial charge in [0.15, 0.2) is 5.78 Å². The van der Waals surface area contributed by atoms with Gasteiger partial charge in [0.05, 0.1) is 7.11 Å². The van der Waals surface area contributed by atoms with E-state index in [0.29, 0.717) is 16.9 Å². The highest BCUT2D eigenvalue weighted by molar-refractivity contribution is 6.14. The molecule has 132 valence electrons. The summed E-state index contributed by atoms with van der Waals surface area (Å²) in [6.45, 7) is 0. The fraction of sp³-hybridized carbons (Fsp3) is 0.0417. The first kappa shape index (κ1) is 16.9. The summed E-state index contributed by atoms with van der Waals surface area (Å²) in [5, 5.41) is 12.2. The van der Waals surface area contributed by atoms with Crippen LogP contribution in [0.4, 0.5) is 0 Å². The molecule has 0 heterocycles. The molecule has 0 atom stereocenters. The minimum Gasteiger partial charge on any atom is -0.508 e. The fourth-order valence-corrected chi connectivity index (χ4v) is 3.31. The van der Waals surface area contributed by atoms with Crippen LogP contribution < -0.4 is 4.74 Å². The molecule has 3 nitrogen and oxygen atoms in total. The average molecular weight is 354 g/mol. The smallest absolute Gasteiger partial charge is 0.193 e. The van der Waals surface area contributed by atoms with E-state index >= 15 is 0 Å². The summed E-state index contributed by atoms with van der Waals surface area (Å²) < 4.78 is 5.16. The normalized spacial score (nSPS) is 10.7. The Balaban J connectivity index is 1.89. The lowest BCUT2D eigenvalue weighted by Gasteiger charge is -2.13. The number of carbonyl (C=O) groups is 1. The van der Waals surface area contributed by atoms with Crippen LogP contribution in [0.25, 0.3) is 21.9 Å². The second-order valence-corrected chi connectivity index (χ2v) is 6.31. The molecule has 4 aromatic rings. The van der Waals surface area contributed by atoms with E-state index in [9.17, 15) is 9.90 Å². The monoisotopic (exact) mass is 354 g/mol. The second kappa shape index (κ2) is 6.96. The number of ketones is 1. The van der Waals surface area contributed by atoms with E-state index < -0.39 is 0 Å². The van der Waals surface area contributed by atoms with E-state index in [-0.39, 0.29) is 11.5 Å². The van der Waals surface area contributed by atoms with Crippen molar-refractivity contribution in [2.45, 2.75) is 0 Å². The van der Waals surface area contributed by atoms with Crippen LogP contribution in [0.3, 0.4) is 0 Å². The number of hydrogen-bond donors (Lipinski definition) is 1. The van der Waals surface area contributed by atoms with E-state index in [4.69, 9.17) is 4.74 Å². The molecule has 0 saturated carbocycles. The Labute approximate surface area is 157 Å². The van der Waals surface area contributed by atoms with Crippen molar-refractivity contribution < 1.29 is 14.6 Å². The summed E-state index contributed by atoms with van der Waals surface area (Å²) in [7, 11) is 1.59. The van der Waals surface area contributed by atoms with Gasteiger partial charge in [-0.05, 0) is 64.4 Å². The zero-order valence-electron chi connectivity index (χ0n) is 14.8. The third-order valence-corrected chi connectivity index (χ3v) is 4.68. The molecule has 0 saturated heterocycles. The summed E-state index contributed by atoms with van der Waals surface area (Å²) in [5.41, 5.74) is 2.77. The summed E-state index contributed by atoms with van der Waals surface area (Å²) in [6, 6.07) is 26.0. The van der Waals surface area contributed by atoms with Crippen LogP contribution in [0.15, 0.2) is 84.9 Å². The van der Waals surface area contributed by atoms with Crippen molar-refractivity contribution in [1.29, 1.82) is 0 Å². The Kier molecular flexibility index (Phi) is 4.35. The predicted octanol–water partition coefficient (Wildman–Crippen LogP) is 5.45. The van der Waals surface area contributed by atoms with Crippen molar-refractivity contribution in [1.82, 2.24) is 0 Å². The van der Waals surface area contributed by atoms with Crippen LogP contribution in [0.2, 0.25) is 0 Å². The van der Waals surface area contributed by atoms with Gasteiger partial charge in [-0.15, -0.1) is 0 Å². The maximum absolute atomic E-state index is 13.2. The molecule has 27 heavy (non-hydrogen) atoms. The van der Waals surface area contributed by atoms with Gasteiger partial charge in [-0.3, -0.25) is 4.79 Å². The molecule has 3 heteroatoms. The molecule has 0 aromatic heterocycles. The SMILES string of the molecule is COc1ccc(C(=O)c2cc(O)ccc2-c2cccc3ccccc23)cc1. The number of phenolic OH excluding ortho intramolecular Hbond substituents is 1. The lowest BCUT2D eigenvalue weighted by Crippen LogP contribution is -2.04. The van der Waals surface area contributed by atoms with Gasteiger partial charge >= 0.3 is 0 Å². The van der Waals surface area contributed by atoms with Crippen molar-refractivity contribution in [3.05, 3.63) is 96.1 Å². The molecule has 0 fully saturated rings. The number of benzene rings is 4. The summed E-state index contributed by atoms with van der Waals surface area (Å²) in [5.74, 6) is 0.615. The predicted molar refractivity (Wildman–Crippen MR) is 107 cm³/mol. The zero-order valence-corrected chi connectivity index (χ0v) is 14.8. The number of fused-ring (bicyclic) bond motifs is 1. The summed E-state index contributed by atoms with van der Waals surface area (Å²) in [6.07, 6.45) is 0. The van der Waals surface area contributed by atoms with Crippen molar-refractivity contribution in [3.63, 3.8) is 0 Å². The first-order valence-corrected chi connectivity index (χ1v) is 8.67. The Morgan fingerprint density at radius 1 is 0.815 bits per heavy atom. The highest BCUT2D eigenvalue weighted by Crippen LogP contribution is 2.34. The van der Waals surface area contributed by atoms with E-state index in [1.54, 1.807) is 43.5 Å². The zero-order chi connectivity index (χ0) is 18.8. The topological polar surface area (TPSA) is 46.5 Å². The Hall–Kier alpha value is -3.59. The van der Waals surface area contributed by atoms with E-state index in [0.717, 1.165) is 21.9 Å². The maximum Gasteiger partial charge on any atom is 0.193 e. The van der Waals surface area contributed by atoms with E-state index in [1.807, 2.05) is 42.5 Å². The molecule has 1 N–H and O–H groups in total. The molecule has 0 unspecified atom stereocenters. The van der Waals surface area contributed by atoms with Gasteiger partial charge in [0, 0.05) is 11.1 Å². The Morgan fingerprint density at radius 2 is 1.56 bits per heavy atom. The van der Waals surface area contributed by atoms with Gasteiger partial charge in [0.2, 0.25) is 0 Å². The van der Waals surface area contributed by atoms with Crippen molar-refractivity contribution in [2.75, 3.05) is 7.11 Å². The molecule has 4 aromatic carbocycles. The second-order valence-electron chi connectivity index (χ2n) is 6.31. The first-order chi connectivity index (χ1) is 13.2. The van der Waals surface area contributed by atoms with Crippen LogP contribution in [-0.4, -0.2) is 18.0 Å². The number of carbonyl (C=O) groups excluding carboxylic acids is 1. The minimum absolute atomic E-state index is 0.0656. The number of phenols is 1. The molecule has 0 aliphatic rings. The van der Waals surface area contributed by atoms with Gasteiger partial charge in [-0.2, -0.15) is 0 Å². The third-order valence-electron chi connectivity index (χ3n) is 4.68. The number of hydrogen-bond acceptors (Lipinski definition) is 3. The molecular weight excluding hydrogens is 336 g/mol. The molecule has 0 amide bonds. The fourth-order valence-electron chi connectivity index (χ4n) is 3.31. The molecule has 0 radical (unpaired) electrons. The van der Waals surface area contributed by atoms with Gasteiger partial charge in [-0.1, -0.05) is 42.5 Å². The van der Waals surface area contributed by atoms with Crippen LogP contribution >= 0.6 is 0 Å². The van der Waals surface area contributed by atoms with Crippen LogP contribution in [0.5, 0.6) is 11.5 Å². The highest BCUT2D eigenvalue weighted by atomic mass is 16.5.